The van der Waals surface area contributed by atoms with E-state index < -0.39 is 15.6 Å². The molecule has 0 unspecified atom stereocenters. The largest absolute Gasteiger partial charge is 0.399 e. The first-order chi connectivity index (χ1) is 8.15. The van der Waals surface area contributed by atoms with Gasteiger partial charge in [-0.2, -0.15) is 4.72 Å². The third-order valence-corrected chi connectivity index (χ3v) is 5.06. The number of nitrogens with two attached hydrogens (primary N) is 1. The minimum absolute atomic E-state index is 0.0224. The van der Waals surface area contributed by atoms with E-state index >= 15 is 0 Å². The molecule has 1 aromatic rings. The van der Waals surface area contributed by atoms with Crippen LogP contribution >= 0.6 is 23.2 Å². The molecule has 1 aromatic carbocycles. The molecule has 98 valence electrons. The monoisotopic (exact) mass is 306 g/mol. The van der Waals surface area contributed by atoms with Crippen LogP contribution in [0.15, 0.2) is 23.9 Å². The zero-order valence-corrected chi connectivity index (χ0v) is 12.1. The highest BCUT2D eigenvalue weighted by molar-refractivity contribution is 7.99. The molecule has 0 aliphatic carbocycles. The van der Waals surface area contributed by atoms with E-state index in [9.17, 15) is 8.42 Å². The van der Waals surface area contributed by atoms with E-state index in [1.54, 1.807) is 26.0 Å². The minimum Gasteiger partial charge on any atom is -0.399 e. The minimum atomic E-state index is -3.66. The van der Waals surface area contributed by atoms with Crippen LogP contribution in [0.1, 0.15) is 19.4 Å². The van der Waals surface area contributed by atoms with Gasteiger partial charge in [-0.3, -0.25) is 0 Å². The van der Waals surface area contributed by atoms with Crippen LogP contribution in [0.4, 0.5) is 0 Å². The quantitative estimate of drug-likeness (QED) is 0.836. The molecule has 0 saturated heterocycles. The van der Waals surface area contributed by atoms with Crippen molar-refractivity contribution in [1.29, 1.82) is 0 Å². The van der Waals surface area contributed by atoms with E-state index in [1.165, 1.54) is 6.07 Å². The van der Waals surface area contributed by atoms with Gasteiger partial charge in [-0.05, 0) is 26.0 Å². The first kappa shape index (κ1) is 13.7. The Morgan fingerprint density at radius 3 is 2.33 bits per heavy atom. The molecule has 0 radical (unpaired) electrons. The second-order valence-corrected chi connectivity index (χ2v) is 7.06. The van der Waals surface area contributed by atoms with Crippen molar-refractivity contribution in [3.8, 4) is 0 Å². The van der Waals surface area contributed by atoms with Crippen LogP contribution < -0.4 is 10.5 Å². The zero-order chi connectivity index (χ0) is 13.7. The third-order valence-electron chi connectivity index (χ3n) is 2.75. The molecular formula is C11H12Cl2N2O2S. The number of rotatable bonds is 1. The van der Waals surface area contributed by atoms with Crippen LogP contribution in [0, 0.1) is 0 Å². The molecule has 1 aliphatic heterocycles. The van der Waals surface area contributed by atoms with Crippen LogP contribution in [0.2, 0.25) is 10.0 Å². The van der Waals surface area contributed by atoms with Gasteiger partial charge in [0.2, 0.25) is 10.0 Å². The smallest absolute Gasteiger partial charge is 0.243 e. The lowest BCUT2D eigenvalue weighted by atomic mass is 10.0. The van der Waals surface area contributed by atoms with Crippen molar-refractivity contribution in [2.24, 2.45) is 5.73 Å². The fourth-order valence-corrected chi connectivity index (χ4v) is 4.29. The highest BCUT2D eigenvalue weighted by atomic mass is 35.5. The lowest BCUT2D eigenvalue weighted by molar-refractivity contribution is 0.530. The number of hydrogen-bond acceptors (Lipinski definition) is 3. The summed E-state index contributed by atoms with van der Waals surface area (Å²) in [7, 11) is -3.66. The van der Waals surface area contributed by atoms with Gasteiger partial charge in [0.05, 0.1) is 10.6 Å². The maximum Gasteiger partial charge on any atom is 0.243 e. The second kappa shape index (κ2) is 4.13. The molecule has 0 atom stereocenters. The molecule has 0 spiro atoms. The summed E-state index contributed by atoms with van der Waals surface area (Å²) in [6.07, 6.45) is 0. The first-order valence-electron chi connectivity index (χ1n) is 5.15. The van der Waals surface area contributed by atoms with Crippen molar-refractivity contribution in [3.63, 3.8) is 0 Å². The average molecular weight is 307 g/mol. The van der Waals surface area contributed by atoms with E-state index in [0.717, 1.165) is 0 Å². The summed E-state index contributed by atoms with van der Waals surface area (Å²) in [4.78, 5) is 0.0224. The summed E-state index contributed by atoms with van der Waals surface area (Å²) < 4.78 is 26.7. The Morgan fingerprint density at radius 2 is 1.89 bits per heavy atom. The zero-order valence-electron chi connectivity index (χ0n) is 9.79. The number of sulfonamides is 1. The maximum atomic E-state index is 12.1. The summed E-state index contributed by atoms with van der Waals surface area (Å²) >= 11 is 11.8. The van der Waals surface area contributed by atoms with Gasteiger partial charge in [-0.25, -0.2) is 8.42 Å². The van der Waals surface area contributed by atoms with E-state index in [0.29, 0.717) is 10.6 Å². The fourth-order valence-electron chi connectivity index (χ4n) is 1.83. The Morgan fingerprint density at radius 1 is 1.28 bits per heavy atom. The van der Waals surface area contributed by atoms with Gasteiger partial charge in [-0.1, -0.05) is 29.3 Å². The Hall–Kier alpha value is -0.750. The summed E-state index contributed by atoms with van der Waals surface area (Å²) in [5, 5.41) is 0.689. The van der Waals surface area contributed by atoms with Crippen LogP contribution in [-0.2, 0) is 10.0 Å². The van der Waals surface area contributed by atoms with Gasteiger partial charge < -0.3 is 5.73 Å². The Kier molecular flexibility index (Phi) is 3.14. The highest BCUT2D eigenvalue weighted by Gasteiger charge is 2.42. The molecule has 0 saturated carbocycles. The second-order valence-electron chi connectivity index (χ2n) is 4.60. The van der Waals surface area contributed by atoms with Gasteiger partial charge >= 0.3 is 0 Å². The number of nitrogens with one attached hydrogen (secondary N) is 1. The molecule has 2 rings (SSSR count). The standard InChI is InChI=1S/C11H12Cl2N2O2S/c1-11(2)10(14)9(18(16,17)15-11)7-4-3-6(12)5-8(7)13/h3-5,15H,14H2,1-2H3. The molecule has 0 aromatic heterocycles. The SMILES string of the molecule is CC1(C)NS(=O)(=O)C(c2ccc(Cl)cc2Cl)=C1N. The Bertz CT molecular complexity index is 651. The first-order valence-corrected chi connectivity index (χ1v) is 7.39. The number of benzene rings is 1. The Balaban J connectivity index is 2.73. The number of hydrogen-bond donors (Lipinski definition) is 2. The highest BCUT2D eigenvalue weighted by Crippen LogP contribution is 2.38. The molecule has 18 heavy (non-hydrogen) atoms. The summed E-state index contributed by atoms with van der Waals surface area (Å²) in [5.41, 5.74) is 5.70. The number of halogens is 2. The summed E-state index contributed by atoms with van der Waals surface area (Å²) in [5.74, 6) is 0. The molecule has 3 N–H and O–H groups in total. The molecule has 1 aliphatic rings. The van der Waals surface area contributed by atoms with E-state index in [-0.39, 0.29) is 15.6 Å². The third kappa shape index (κ3) is 2.12. The van der Waals surface area contributed by atoms with Gasteiger partial charge in [0.1, 0.15) is 4.91 Å². The molecule has 0 bridgehead atoms. The van der Waals surface area contributed by atoms with Crippen LogP contribution in [0.3, 0.4) is 0 Å². The maximum absolute atomic E-state index is 12.1. The lowest BCUT2D eigenvalue weighted by Gasteiger charge is -2.17. The van der Waals surface area contributed by atoms with E-state index in [4.69, 9.17) is 28.9 Å². The summed E-state index contributed by atoms with van der Waals surface area (Å²) in [6.45, 7) is 3.38. The normalized spacial score (nSPS) is 21.3. The topological polar surface area (TPSA) is 72.2 Å². The van der Waals surface area contributed by atoms with Gasteiger partial charge in [0.15, 0.2) is 0 Å². The van der Waals surface area contributed by atoms with Crippen LogP contribution in [0.5, 0.6) is 0 Å². The predicted octanol–water partition coefficient (Wildman–Crippen LogP) is 2.33. The van der Waals surface area contributed by atoms with Crippen molar-refractivity contribution >= 4 is 38.1 Å². The van der Waals surface area contributed by atoms with Crippen molar-refractivity contribution in [2.75, 3.05) is 0 Å². The van der Waals surface area contributed by atoms with Crippen LogP contribution in [-0.4, -0.2) is 14.0 Å². The van der Waals surface area contributed by atoms with Gasteiger partial charge in [-0.15, -0.1) is 0 Å². The molecule has 1 heterocycles. The molecule has 0 amide bonds. The molecule has 7 heteroatoms. The van der Waals surface area contributed by atoms with Crippen molar-refractivity contribution < 1.29 is 8.42 Å². The Labute approximate surface area is 116 Å². The van der Waals surface area contributed by atoms with E-state index in [2.05, 4.69) is 4.72 Å². The van der Waals surface area contributed by atoms with Gasteiger partial charge in [0, 0.05) is 16.3 Å². The fraction of sp³-hybridized carbons (Fsp3) is 0.273. The van der Waals surface area contributed by atoms with Crippen LogP contribution in [0.25, 0.3) is 4.91 Å². The summed E-state index contributed by atoms with van der Waals surface area (Å²) in [6, 6.07) is 4.61. The molecule has 4 nitrogen and oxygen atoms in total. The molecule has 0 fully saturated rings. The molecular weight excluding hydrogens is 295 g/mol. The predicted molar refractivity (Wildman–Crippen MR) is 73.7 cm³/mol. The average Bonchev–Trinajstić information content (AvgIpc) is 2.34. The lowest BCUT2D eigenvalue weighted by Crippen LogP contribution is -2.40. The van der Waals surface area contributed by atoms with Crippen molar-refractivity contribution in [1.82, 2.24) is 4.72 Å². The van der Waals surface area contributed by atoms with Gasteiger partial charge in [0.25, 0.3) is 0 Å². The van der Waals surface area contributed by atoms with Crippen molar-refractivity contribution in [2.45, 2.75) is 19.4 Å². The van der Waals surface area contributed by atoms with Crippen molar-refractivity contribution in [3.05, 3.63) is 39.5 Å². The van der Waals surface area contributed by atoms with E-state index in [1.807, 2.05) is 0 Å².